The quantitative estimate of drug-likeness (QED) is 0.478. The van der Waals surface area contributed by atoms with E-state index in [1.54, 1.807) is 21.1 Å². The van der Waals surface area contributed by atoms with Gasteiger partial charge in [-0.15, -0.1) is 11.3 Å². The maximum Gasteiger partial charge on any atom is 0.246 e. The number of piperazine rings is 1. The molecule has 2 aromatic carbocycles. The van der Waals surface area contributed by atoms with Crippen molar-refractivity contribution in [3.05, 3.63) is 92.8 Å². The lowest BCUT2D eigenvalue weighted by molar-refractivity contribution is -0.159. The molecule has 32 heavy (non-hydrogen) atoms. The van der Waals surface area contributed by atoms with E-state index in [0.717, 1.165) is 32.6 Å². The fourth-order valence-corrected chi connectivity index (χ4v) is 5.88. The van der Waals surface area contributed by atoms with Crippen LogP contribution < -0.4 is 0 Å². The number of aromatic amines is 1. The molecule has 4 aromatic rings. The van der Waals surface area contributed by atoms with Gasteiger partial charge < -0.3 is 14.8 Å². The molecule has 2 unspecified atom stereocenters. The number of fused-ring (bicyclic) bond motifs is 4. The largest absolute Gasteiger partial charge is 0.356 e. The number of carbonyl (C=O) groups excluding carboxylic acids is 2. The Hall–Kier alpha value is -3.09. The summed E-state index contributed by atoms with van der Waals surface area (Å²) in [6, 6.07) is 18.8. The van der Waals surface area contributed by atoms with Gasteiger partial charge in [0.05, 0.1) is 12.6 Å². The van der Waals surface area contributed by atoms with Crippen molar-refractivity contribution in [1.82, 2.24) is 14.8 Å². The number of aromatic nitrogens is 1. The molecule has 0 radical (unpaired) electrons. The van der Waals surface area contributed by atoms with E-state index in [2.05, 4.69) is 11.1 Å². The standard InChI is InChI=1S/C25H20ClN3O2S/c26-16-9-7-15(8-10-16)24-23-19(18-5-1-2-6-20(18)27-23)12-21-25(31)28(14-22(30)29(21)24)13-17-4-3-11-32-17/h1-11,21,24,27H,12-14H2. The van der Waals surface area contributed by atoms with Gasteiger partial charge in [0, 0.05) is 32.9 Å². The summed E-state index contributed by atoms with van der Waals surface area (Å²) < 4.78 is 0. The van der Waals surface area contributed by atoms with Crippen LogP contribution in [-0.2, 0) is 22.6 Å². The molecule has 4 heterocycles. The lowest BCUT2D eigenvalue weighted by atomic mass is 9.86. The molecule has 0 spiro atoms. The van der Waals surface area contributed by atoms with Crippen molar-refractivity contribution in [3.63, 3.8) is 0 Å². The summed E-state index contributed by atoms with van der Waals surface area (Å²) in [5.74, 6) is -0.0247. The lowest BCUT2D eigenvalue weighted by Crippen LogP contribution is -2.62. The highest BCUT2D eigenvalue weighted by atomic mass is 35.5. The Kier molecular flexibility index (Phi) is 4.59. The zero-order valence-electron chi connectivity index (χ0n) is 17.1. The molecule has 6 rings (SSSR count). The zero-order chi connectivity index (χ0) is 21.8. The molecule has 1 fully saturated rings. The number of nitrogens with zero attached hydrogens (tertiary/aromatic N) is 2. The van der Waals surface area contributed by atoms with Gasteiger partial charge >= 0.3 is 0 Å². The molecule has 0 saturated carbocycles. The molecule has 0 bridgehead atoms. The van der Waals surface area contributed by atoms with Crippen LogP contribution in [0.3, 0.4) is 0 Å². The number of rotatable bonds is 3. The second kappa shape index (κ2) is 7.50. The van der Waals surface area contributed by atoms with Gasteiger partial charge in [-0.3, -0.25) is 9.59 Å². The minimum absolute atomic E-state index is 0.00731. The van der Waals surface area contributed by atoms with E-state index in [-0.39, 0.29) is 24.4 Å². The minimum atomic E-state index is -0.524. The SMILES string of the molecule is O=C1C2Cc3c([nH]c4ccccc34)C(c3ccc(Cl)cc3)N2C(=O)CN1Cc1cccs1. The first-order chi connectivity index (χ1) is 15.6. The number of carbonyl (C=O) groups is 2. The fourth-order valence-electron chi connectivity index (χ4n) is 5.04. The van der Waals surface area contributed by atoms with Gasteiger partial charge in [0.1, 0.15) is 12.6 Å². The number of thiophene rings is 1. The number of para-hydroxylation sites is 1. The fraction of sp³-hybridized carbons (Fsp3) is 0.200. The average Bonchev–Trinajstić information content (AvgIpc) is 3.44. The number of H-pyrrole nitrogens is 1. The van der Waals surface area contributed by atoms with E-state index in [1.165, 1.54) is 0 Å². The number of halogens is 1. The number of hydrogen-bond donors (Lipinski definition) is 1. The first-order valence-corrected chi connectivity index (χ1v) is 11.8. The molecule has 5 nitrogen and oxygen atoms in total. The molecular weight excluding hydrogens is 442 g/mol. The Morgan fingerprint density at radius 2 is 1.84 bits per heavy atom. The second-order valence-electron chi connectivity index (χ2n) is 8.31. The molecule has 1 N–H and O–H groups in total. The summed E-state index contributed by atoms with van der Waals surface area (Å²) in [7, 11) is 0. The number of nitrogens with one attached hydrogen (secondary N) is 1. The van der Waals surface area contributed by atoms with E-state index >= 15 is 0 Å². The van der Waals surface area contributed by atoms with Gasteiger partial charge in [-0.1, -0.05) is 48.0 Å². The third-order valence-corrected chi connectivity index (χ3v) is 7.57. The molecule has 2 amide bonds. The smallest absolute Gasteiger partial charge is 0.246 e. The second-order valence-corrected chi connectivity index (χ2v) is 9.78. The molecule has 7 heteroatoms. The van der Waals surface area contributed by atoms with Gasteiger partial charge in [0.25, 0.3) is 0 Å². The summed E-state index contributed by atoms with van der Waals surface area (Å²) in [5.41, 5.74) is 4.06. The normalized spacial score (nSPS) is 20.5. The Labute approximate surface area is 194 Å². The van der Waals surface area contributed by atoms with Crippen molar-refractivity contribution in [3.8, 4) is 0 Å². The Balaban J connectivity index is 1.48. The van der Waals surface area contributed by atoms with Crippen LogP contribution >= 0.6 is 22.9 Å². The zero-order valence-corrected chi connectivity index (χ0v) is 18.7. The van der Waals surface area contributed by atoms with Crippen molar-refractivity contribution in [2.75, 3.05) is 6.54 Å². The summed E-state index contributed by atoms with van der Waals surface area (Å²) >= 11 is 7.75. The first kappa shape index (κ1) is 19.6. The molecule has 2 aliphatic rings. The van der Waals surface area contributed by atoms with Gasteiger partial charge in [-0.2, -0.15) is 0 Å². The van der Waals surface area contributed by atoms with Gasteiger partial charge in [-0.25, -0.2) is 0 Å². The third-order valence-electron chi connectivity index (χ3n) is 6.45. The van der Waals surface area contributed by atoms with Crippen molar-refractivity contribution in [1.29, 1.82) is 0 Å². The highest BCUT2D eigenvalue weighted by Gasteiger charge is 2.48. The molecule has 1 saturated heterocycles. The van der Waals surface area contributed by atoms with E-state index < -0.39 is 6.04 Å². The summed E-state index contributed by atoms with van der Waals surface area (Å²) in [4.78, 5) is 35.2. The molecule has 2 aromatic heterocycles. The van der Waals surface area contributed by atoms with E-state index in [0.29, 0.717) is 18.0 Å². The summed E-state index contributed by atoms with van der Waals surface area (Å²) in [6.07, 6.45) is 0.509. The van der Waals surface area contributed by atoms with Crippen LogP contribution in [0.25, 0.3) is 10.9 Å². The first-order valence-electron chi connectivity index (χ1n) is 10.6. The lowest BCUT2D eigenvalue weighted by Gasteiger charge is -2.47. The molecule has 160 valence electrons. The Bertz CT molecular complexity index is 1330. The van der Waals surface area contributed by atoms with Crippen molar-refractivity contribution >= 4 is 45.7 Å². The van der Waals surface area contributed by atoms with Crippen LogP contribution in [0.2, 0.25) is 5.02 Å². The monoisotopic (exact) mass is 461 g/mol. The van der Waals surface area contributed by atoms with Crippen molar-refractivity contribution < 1.29 is 9.59 Å². The summed E-state index contributed by atoms with van der Waals surface area (Å²) in [5, 5.41) is 3.74. The van der Waals surface area contributed by atoms with Crippen LogP contribution in [0.1, 0.15) is 27.7 Å². The van der Waals surface area contributed by atoms with Crippen LogP contribution in [0.15, 0.2) is 66.0 Å². The van der Waals surface area contributed by atoms with Crippen LogP contribution in [0.5, 0.6) is 0 Å². The van der Waals surface area contributed by atoms with E-state index in [4.69, 9.17) is 11.6 Å². The third kappa shape index (κ3) is 3.05. The molecule has 2 atom stereocenters. The molecular formula is C25H20ClN3O2S. The highest BCUT2D eigenvalue weighted by Crippen LogP contribution is 2.42. The van der Waals surface area contributed by atoms with E-state index in [1.807, 2.05) is 60.0 Å². The average molecular weight is 462 g/mol. The topological polar surface area (TPSA) is 56.4 Å². The number of hydrogen-bond acceptors (Lipinski definition) is 3. The van der Waals surface area contributed by atoms with Gasteiger partial charge in [0.2, 0.25) is 11.8 Å². The van der Waals surface area contributed by atoms with Gasteiger partial charge in [-0.05, 0) is 40.8 Å². The highest BCUT2D eigenvalue weighted by molar-refractivity contribution is 7.09. The molecule has 2 aliphatic heterocycles. The Morgan fingerprint density at radius 3 is 2.62 bits per heavy atom. The van der Waals surface area contributed by atoms with Crippen LogP contribution in [-0.4, -0.2) is 39.2 Å². The van der Waals surface area contributed by atoms with Crippen LogP contribution in [0, 0.1) is 0 Å². The predicted molar refractivity (Wildman–Crippen MR) is 126 cm³/mol. The van der Waals surface area contributed by atoms with Crippen molar-refractivity contribution in [2.24, 2.45) is 0 Å². The number of amides is 2. The number of benzene rings is 2. The predicted octanol–water partition coefficient (Wildman–Crippen LogP) is 4.77. The minimum Gasteiger partial charge on any atom is -0.356 e. The Morgan fingerprint density at radius 1 is 1.03 bits per heavy atom. The maximum absolute atomic E-state index is 13.6. The van der Waals surface area contributed by atoms with Crippen molar-refractivity contribution in [2.45, 2.75) is 25.0 Å². The summed E-state index contributed by atoms with van der Waals surface area (Å²) in [6.45, 7) is 0.561. The van der Waals surface area contributed by atoms with Gasteiger partial charge in [0.15, 0.2) is 0 Å². The molecule has 0 aliphatic carbocycles. The van der Waals surface area contributed by atoms with Crippen LogP contribution in [0.4, 0.5) is 0 Å². The van der Waals surface area contributed by atoms with E-state index in [9.17, 15) is 9.59 Å². The maximum atomic E-state index is 13.6.